The lowest BCUT2D eigenvalue weighted by Gasteiger charge is -1.95. The van der Waals surface area contributed by atoms with Crippen molar-refractivity contribution in [3.05, 3.63) is 69.2 Å². The van der Waals surface area contributed by atoms with Crippen molar-refractivity contribution < 1.29 is 9.72 Å². The minimum absolute atomic E-state index is 0.000612. The van der Waals surface area contributed by atoms with Crippen molar-refractivity contribution in [3.8, 4) is 0 Å². The van der Waals surface area contributed by atoms with Gasteiger partial charge in [-0.25, -0.2) is 10.4 Å². The smallest absolute Gasteiger partial charge is 0.265 e. The fourth-order valence-corrected chi connectivity index (χ4v) is 2.72. The Bertz CT molecular complexity index is 869. The predicted octanol–water partition coefficient (Wildman–Crippen LogP) is 2.97. The van der Waals surface area contributed by atoms with Gasteiger partial charge in [-0.15, -0.1) is 11.3 Å². The molecule has 0 aliphatic heterocycles. The van der Waals surface area contributed by atoms with Crippen LogP contribution in [0.3, 0.4) is 0 Å². The third-order valence-corrected chi connectivity index (χ3v) is 4.01. The molecule has 8 heteroatoms. The lowest BCUT2D eigenvalue weighted by Crippen LogP contribution is -2.17. The average molecular weight is 326 g/mol. The molecule has 0 spiro atoms. The van der Waals surface area contributed by atoms with E-state index in [-0.39, 0.29) is 5.69 Å². The molecule has 7 nitrogen and oxygen atoms in total. The number of thiazole rings is 1. The summed E-state index contributed by atoms with van der Waals surface area (Å²) in [6.45, 7) is 0. The summed E-state index contributed by atoms with van der Waals surface area (Å²) >= 11 is 1.28. The average Bonchev–Trinajstić information content (AvgIpc) is 2.99. The first kappa shape index (κ1) is 14.8. The highest BCUT2D eigenvalue weighted by Gasteiger charge is 2.10. The molecular weight excluding hydrogens is 316 g/mol. The van der Waals surface area contributed by atoms with Gasteiger partial charge in [0.15, 0.2) is 5.01 Å². The van der Waals surface area contributed by atoms with Gasteiger partial charge in [0.05, 0.1) is 21.4 Å². The molecule has 0 fully saturated rings. The van der Waals surface area contributed by atoms with E-state index in [0.717, 1.165) is 10.2 Å². The Hall–Kier alpha value is -3.13. The van der Waals surface area contributed by atoms with Crippen molar-refractivity contribution in [1.29, 1.82) is 0 Å². The SMILES string of the molecule is O=C(N/N=C/c1ccc([N+](=O)[O-])cc1)c1nc2ccccc2s1. The van der Waals surface area contributed by atoms with Crippen LogP contribution in [0.5, 0.6) is 0 Å². The number of nitrogens with one attached hydrogen (secondary N) is 1. The second-order valence-corrected chi connectivity index (χ2v) is 5.57. The summed E-state index contributed by atoms with van der Waals surface area (Å²) in [5.74, 6) is -0.399. The minimum Gasteiger partial charge on any atom is -0.265 e. The van der Waals surface area contributed by atoms with Gasteiger partial charge >= 0.3 is 0 Å². The van der Waals surface area contributed by atoms with Gasteiger partial charge in [0.25, 0.3) is 11.6 Å². The van der Waals surface area contributed by atoms with Gasteiger partial charge in [-0.2, -0.15) is 5.10 Å². The normalized spacial score (nSPS) is 11.0. The van der Waals surface area contributed by atoms with E-state index in [1.54, 1.807) is 12.1 Å². The first-order valence-corrected chi connectivity index (χ1v) is 7.38. The van der Waals surface area contributed by atoms with E-state index in [1.165, 1.54) is 29.7 Å². The number of aromatic nitrogens is 1. The molecule has 0 aliphatic rings. The van der Waals surface area contributed by atoms with E-state index >= 15 is 0 Å². The van der Waals surface area contributed by atoms with Gasteiger partial charge in [-0.05, 0) is 29.8 Å². The summed E-state index contributed by atoms with van der Waals surface area (Å²) in [7, 11) is 0. The van der Waals surface area contributed by atoms with Crippen molar-refractivity contribution in [2.24, 2.45) is 5.10 Å². The third kappa shape index (κ3) is 3.38. The van der Waals surface area contributed by atoms with Crippen LogP contribution < -0.4 is 5.43 Å². The van der Waals surface area contributed by atoms with E-state index in [2.05, 4.69) is 15.5 Å². The standard InChI is InChI=1S/C15H10N4O3S/c20-14(15-17-12-3-1-2-4-13(12)23-15)18-16-9-10-5-7-11(8-6-10)19(21)22/h1-9H,(H,18,20)/b16-9+. The summed E-state index contributed by atoms with van der Waals surface area (Å²) in [5, 5.41) is 14.7. The Morgan fingerprint density at radius 1 is 1.22 bits per heavy atom. The number of hydrazone groups is 1. The molecule has 0 radical (unpaired) electrons. The first-order valence-electron chi connectivity index (χ1n) is 6.57. The van der Waals surface area contributed by atoms with Crippen LogP contribution in [0.2, 0.25) is 0 Å². The van der Waals surface area contributed by atoms with Crippen LogP contribution >= 0.6 is 11.3 Å². The number of amides is 1. The fourth-order valence-electron chi connectivity index (χ4n) is 1.86. The van der Waals surface area contributed by atoms with Crippen LogP contribution in [0.1, 0.15) is 15.4 Å². The number of para-hydroxylation sites is 1. The molecule has 114 valence electrons. The minimum atomic E-state index is -0.476. The molecule has 23 heavy (non-hydrogen) atoms. The highest BCUT2D eigenvalue weighted by Crippen LogP contribution is 2.21. The lowest BCUT2D eigenvalue weighted by atomic mass is 10.2. The Balaban J connectivity index is 1.67. The zero-order valence-electron chi connectivity index (χ0n) is 11.7. The Kier molecular flexibility index (Phi) is 4.07. The summed E-state index contributed by atoms with van der Waals surface area (Å²) in [6, 6.07) is 13.3. The zero-order valence-corrected chi connectivity index (χ0v) is 12.5. The van der Waals surface area contributed by atoms with Crippen LogP contribution in [-0.4, -0.2) is 22.0 Å². The van der Waals surface area contributed by atoms with E-state index < -0.39 is 10.8 Å². The molecule has 3 rings (SSSR count). The van der Waals surface area contributed by atoms with Crippen LogP contribution in [-0.2, 0) is 0 Å². The van der Waals surface area contributed by atoms with Gasteiger partial charge in [0.2, 0.25) is 0 Å². The number of benzene rings is 2. The number of fused-ring (bicyclic) bond motifs is 1. The number of nitrogens with zero attached hydrogens (tertiary/aromatic N) is 3. The van der Waals surface area contributed by atoms with E-state index in [9.17, 15) is 14.9 Å². The van der Waals surface area contributed by atoms with Crippen molar-refractivity contribution in [2.75, 3.05) is 0 Å². The molecule has 1 N–H and O–H groups in total. The second-order valence-electron chi connectivity index (χ2n) is 4.53. The molecular formula is C15H10N4O3S. The largest absolute Gasteiger partial charge is 0.300 e. The maximum absolute atomic E-state index is 12.0. The molecule has 0 atom stereocenters. The number of hydrogen-bond acceptors (Lipinski definition) is 6. The summed E-state index contributed by atoms with van der Waals surface area (Å²) < 4.78 is 0.928. The lowest BCUT2D eigenvalue weighted by molar-refractivity contribution is -0.384. The molecule has 2 aromatic carbocycles. The Morgan fingerprint density at radius 3 is 2.65 bits per heavy atom. The number of rotatable bonds is 4. The number of nitro groups is 1. The molecule has 1 heterocycles. The van der Waals surface area contributed by atoms with E-state index in [1.807, 2.05) is 24.3 Å². The highest BCUT2D eigenvalue weighted by molar-refractivity contribution is 7.20. The maximum atomic E-state index is 12.0. The van der Waals surface area contributed by atoms with Gasteiger partial charge < -0.3 is 0 Å². The molecule has 0 saturated carbocycles. The number of carbonyl (C=O) groups excluding carboxylic acids is 1. The predicted molar refractivity (Wildman–Crippen MR) is 87.8 cm³/mol. The molecule has 1 aromatic heterocycles. The van der Waals surface area contributed by atoms with Crippen LogP contribution in [0.25, 0.3) is 10.2 Å². The maximum Gasteiger partial charge on any atom is 0.300 e. The summed E-state index contributed by atoms with van der Waals surface area (Å²) in [5.41, 5.74) is 3.80. The fraction of sp³-hybridized carbons (Fsp3) is 0. The molecule has 0 saturated heterocycles. The van der Waals surface area contributed by atoms with E-state index in [4.69, 9.17) is 0 Å². The van der Waals surface area contributed by atoms with Gasteiger partial charge in [-0.3, -0.25) is 14.9 Å². The van der Waals surface area contributed by atoms with E-state index in [0.29, 0.717) is 10.6 Å². The number of hydrogen-bond donors (Lipinski definition) is 1. The number of non-ortho nitro benzene ring substituents is 1. The van der Waals surface area contributed by atoms with Crippen molar-refractivity contribution in [2.45, 2.75) is 0 Å². The molecule has 0 bridgehead atoms. The second kappa shape index (κ2) is 6.32. The quantitative estimate of drug-likeness (QED) is 0.453. The Labute approximate surface area is 134 Å². The summed E-state index contributed by atoms with van der Waals surface area (Å²) in [4.78, 5) is 26.3. The topological polar surface area (TPSA) is 97.5 Å². The van der Waals surface area contributed by atoms with Gasteiger partial charge in [0.1, 0.15) is 0 Å². The van der Waals surface area contributed by atoms with Crippen LogP contribution in [0.4, 0.5) is 5.69 Å². The van der Waals surface area contributed by atoms with Crippen molar-refractivity contribution in [1.82, 2.24) is 10.4 Å². The summed E-state index contributed by atoms with van der Waals surface area (Å²) in [6.07, 6.45) is 1.41. The third-order valence-electron chi connectivity index (χ3n) is 2.97. The molecule has 0 aliphatic carbocycles. The van der Waals surface area contributed by atoms with Crippen LogP contribution in [0.15, 0.2) is 53.6 Å². The monoisotopic (exact) mass is 326 g/mol. The molecule has 3 aromatic rings. The first-order chi connectivity index (χ1) is 11.1. The Morgan fingerprint density at radius 2 is 1.96 bits per heavy atom. The molecule has 0 unspecified atom stereocenters. The van der Waals surface area contributed by atoms with Gasteiger partial charge in [-0.1, -0.05) is 12.1 Å². The highest BCUT2D eigenvalue weighted by atomic mass is 32.1. The number of carbonyl (C=O) groups is 1. The van der Waals surface area contributed by atoms with Crippen molar-refractivity contribution >= 4 is 39.4 Å². The zero-order chi connectivity index (χ0) is 16.2. The van der Waals surface area contributed by atoms with Crippen LogP contribution in [0, 0.1) is 10.1 Å². The van der Waals surface area contributed by atoms with Crippen molar-refractivity contribution in [3.63, 3.8) is 0 Å². The number of nitro benzene ring substituents is 1. The van der Waals surface area contributed by atoms with Gasteiger partial charge in [0, 0.05) is 12.1 Å². The molecule has 1 amide bonds.